The van der Waals surface area contributed by atoms with Gasteiger partial charge in [0.05, 0.1) is 32.6 Å². The third-order valence-corrected chi connectivity index (χ3v) is 5.16. The molecule has 0 saturated heterocycles. The highest BCUT2D eigenvalue weighted by Crippen LogP contribution is 2.39. The number of nitriles is 1. The van der Waals surface area contributed by atoms with Gasteiger partial charge in [0.2, 0.25) is 5.75 Å². The lowest BCUT2D eigenvalue weighted by Crippen LogP contribution is -2.05. The molecule has 31 heavy (non-hydrogen) atoms. The van der Waals surface area contributed by atoms with Crippen molar-refractivity contribution < 1.29 is 23.7 Å². The Morgan fingerprint density at radius 3 is 2.23 bits per heavy atom. The van der Waals surface area contributed by atoms with Crippen molar-refractivity contribution in [2.45, 2.75) is 6.92 Å². The Kier molecular flexibility index (Phi) is 6.90. The average molecular weight is 436 g/mol. The maximum atomic E-state index is 11.4. The largest absolute Gasteiger partial charge is 0.497 e. The fourth-order valence-corrected chi connectivity index (χ4v) is 3.62. The quantitative estimate of drug-likeness (QED) is 0.298. The topological polar surface area (TPSA) is 90.7 Å². The summed E-state index contributed by atoms with van der Waals surface area (Å²) in [6, 6.07) is 13.1. The number of nitrogens with zero attached hydrogens (tertiary/aromatic N) is 2. The summed E-state index contributed by atoms with van der Waals surface area (Å²) < 4.78 is 21.1. The minimum Gasteiger partial charge on any atom is -0.497 e. The zero-order valence-corrected chi connectivity index (χ0v) is 18.3. The van der Waals surface area contributed by atoms with Gasteiger partial charge in [0.25, 0.3) is 0 Å². The molecular formula is C23H20N2O5S. The molecule has 7 nitrogen and oxygen atoms in total. The lowest BCUT2D eigenvalue weighted by molar-refractivity contribution is -0.132. The van der Waals surface area contributed by atoms with Crippen molar-refractivity contribution in [1.29, 1.82) is 5.26 Å². The molecule has 0 atom stereocenters. The van der Waals surface area contributed by atoms with Crippen LogP contribution in [0.15, 0.2) is 41.8 Å². The maximum Gasteiger partial charge on any atom is 0.308 e. The average Bonchev–Trinajstić information content (AvgIpc) is 3.27. The zero-order valence-electron chi connectivity index (χ0n) is 17.5. The van der Waals surface area contributed by atoms with Crippen LogP contribution >= 0.6 is 11.3 Å². The first-order chi connectivity index (χ1) is 15.0. The van der Waals surface area contributed by atoms with Crippen LogP contribution in [0.2, 0.25) is 0 Å². The van der Waals surface area contributed by atoms with E-state index in [0.717, 1.165) is 17.0 Å². The SMILES string of the molecule is COc1ccc(-c2csc(/C(C#N)=C/c3cc(OC)c(OC(C)=O)c(OC)c3)n2)cc1. The number of aromatic nitrogens is 1. The molecular weight excluding hydrogens is 416 g/mol. The summed E-state index contributed by atoms with van der Waals surface area (Å²) >= 11 is 1.37. The van der Waals surface area contributed by atoms with Gasteiger partial charge >= 0.3 is 5.97 Å². The van der Waals surface area contributed by atoms with Gasteiger partial charge in [0, 0.05) is 17.9 Å². The number of methoxy groups -OCH3 is 3. The summed E-state index contributed by atoms with van der Waals surface area (Å²) in [5.74, 6) is 1.08. The fraction of sp³-hybridized carbons (Fsp3) is 0.174. The number of esters is 1. The molecule has 1 aromatic heterocycles. The standard InChI is InChI=1S/C23H20N2O5S/c1-14(26)30-22-20(28-3)10-15(11-21(22)29-4)9-17(12-24)23-25-19(13-31-23)16-5-7-18(27-2)8-6-16/h5-11,13H,1-4H3/b17-9+. The molecule has 3 rings (SSSR count). The predicted octanol–water partition coefficient (Wildman–Crippen LogP) is 4.83. The van der Waals surface area contributed by atoms with Crippen molar-refractivity contribution in [2.75, 3.05) is 21.3 Å². The summed E-state index contributed by atoms with van der Waals surface area (Å²) in [5.41, 5.74) is 2.72. The van der Waals surface area contributed by atoms with Gasteiger partial charge in [-0.2, -0.15) is 5.26 Å². The molecule has 0 saturated carbocycles. The van der Waals surface area contributed by atoms with E-state index in [1.165, 1.54) is 32.5 Å². The van der Waals surface area contributed by atoms with Crippen molar-refractivity contribution in [3.63, 3.8) is 0 Å². The molecule has 0 unspecified atom stereocenters. The van der Waals surface area contributed by atoms with Crippen LogP contribution in [0, 0.1) is 11.3 Å². The van der Waals surface area contributed by atoms with Crippen LogP contribution in [0.3, 0.4) is 0 Å². The molecule has 0 fully saturated rings. The number of allylic oxidation sites excluding steroid dienone is 1. The predicted molar refractivity (Wildman–Crippen MR) is 118 cm³/mol. The van der Waals surface area contributed by atoms with E-state index in [2.05, 4.69) is 11.1 Å². The number of rotatable bonds is 7. The number of hydrogen-bond acceptors (Lipinski definition) is 8. The molecule has 0 aliphatic carbocycles. The van der Waals surface area contributed by atoms with Crippen LogP contribution in [0.4, 0.5) is 0 Å². The van der Waals surface area contributed by atoms with Crippen molar-refractivity contribution in [1.82, 2.24) is 4.98 Å². The number of carbonyl (C=O) groups excluding carboxylic acids is 1. The highest BCUT2D eigenvalue weighted by molar-refractivity contribution is 7.11. The normalized spacial score (nSPS) is 10.9. The second kappa shape index (κ2) is 9.78. The van der Waals surface area contributed by atoms with Gasteiger partial charge in [-0.25, -0.2) is 4.98 Å². The molecule has 0 spiro atoms. The molecule has 3 aromatic rings. The van der Waals surface area contributed by atoms with E-state index in [9.17, 15) is 10.1 Å². The third kappa shape index (κ3) is 5.02. The molecule has 1 heterocycles. The fourth-order valence-electron chi connectivity index (χ4n) is 2.83. The Bertz CT molecular complexity index is 1130. The molecule has 0 amide bonds. The molecule has 0 bridgehead atoms. The van der Waals surface area contributed by atoms with E-state index in [4.69, 9.17) is 18.9 Å². The lowest BCUT2D eigenvalue weighted by Gasteiger charge is -2.13. The second-order valence-corrected chi connectivity index (χ2v) is 7.14. The van der Waals surface area contributed by atoms with Crippen molar-refractivity contribution >= 4 is 29.0 Å². The summed E-state index contributed by atoms with van der Waals surface area (Å²) in [7, 11) is 4.54. The molecule has 158 valence electrons. The Morgan fingerprint density at radius 1 is 1.06 bits per heavy atom. The van der Waals surface area contributed by atoms with Crippen LogP contribution in [0.5, 0.6) is 23.0 Å². The van der Waals surface area contributed by atoms with E-state index in [-0.39, 0.29) is 5.75 Å². The van der Waals surface area contributed by atoms with Crippen molar-refractivity contribution in [3.8, 4) is 40.3 Å². The lowest BCUT2D eigenvalue weighted by atomic mass is 10.1. The monoisotopic (exact) mass is 436 g/mol. The summed E-state index contributed by atoms with van der Waals surface area (Å²) in [5, 5.41) is 12.2. The number of carbonyl (C=O) groups is 1. The Morgan fingerprint density at radius 2 is 1.71 bits per heavy atom. The van der Waals surface area contributed by atoms with E-state index in [0.29, 0.717) is 27.6 Å². The van der Waals surface area contributed by atoms with Crippen LogP contribution < -0.4 is 18.9 Å². The minimum absolute atomic E-state index is 0.184. The summed E-state index contributed by atoms with van der Waals surface area (Å²) in [4.78, 5) is 16.0. The molecule has 0 aliphatic heterocycles. The van der Waals surface area contributed by atoms with E-state index in [1.807, 2.05) is 29.6 Å². The zero-order chi connectivity index (χ0) is 22.4. The molecule has 0 N–H and O–H groups in total. The van der Waals surface area contributed by atoms with Gasteiger partial charge in [-0.05, 0) is 48.0 Å². The number of benzene rings is 2. The molecule has 2 aromatic carbocycles. The van der Waals surface area contributed by atoms with E-state index >= 15 is 0 Å². The molecule has 0 radical (unpaired) electrons. The van der Waals surface area contributed by atoms with Crippen LogP contribution in [0.1, 0.15) is 17.5 Å². The highest BCUT2D eigenvalue weighted by Gasteiger charge is 2.17. The second-order valence-electron chi connectivity index (χ2n) is 6.28. The first kappa shape index (κ1) is 21.9. The van der Waals surface area contributed by atoms with Gasteiger partial charge in [-0.15, -0.1) is 11.3 Å². The molecule has 0 aliphatic rings. The highest BCUT2D eigenvalue weighted by atomic mass is 32.1. The van der Waals surface area contributed by atoms with Crippen LogP contribution in [-0.2, 0) is 4.79 Å². The summed E-state index contributed by atoms with van der Waals surface area (Å²) in [6.45, 7) is 1.29. The van der Waals surface area contributed by atoms with Crippen LogP contribution in [0.25, 0.3) is 22.9 Å². The Labute approximate surface area is 184 Å². The number of hydrogen-bond donors (Lipinski definition) is 0. The number of thiazole rings is 1. The first-order valence-electron chi connectivity index (χ1n) is 9.15. The van der Waals surface area contributed by atoms with Crippen molar-refractivity contribution in [2.24, 2.45) is 0 Å². The number of ether oxygens (including phenoxy) is 4. The molecule has 8 heteroatoms. The maximum absolute atomic E-state index is 11.4. The third-order valence-electron chi connectivity index (χ3n) is 4.28. The van der Waals surface area contributed by atoms with Gasteiger partial charge in [-0.3, -0.25) is 4.79 Å². The van der Waals surface area contributed by atoms with Gasteiger partial charge in [0.1, 0.15) is 16.8 Å². The van der Waals surface area contributed by atoms with Crippen molar-refractivity contribution in [3.05, 3.63) is 52.3 Å². The Balaban J connectivity index is 1.97. The van der Waals surface area contributed by atoms with E-state index in [1.54, 1.807) is 25.3 Å². The van der Waals surface area contributed by atoms with Gasteiger partial charge < -0.3 is 18.9 Å². The smallest absolute Gasteiger partial charge is 0.308 e. The Hall–Kier alpha value is -3.83. The first-order valence-corrected chi connectivity index (χ1v) is 10.0. The van der Waals surface area contributed by atoms with Gasteiger partial charge in [0.15, 0.2) is 11.5 Å². The van der Waals surface area contributed by atoms with Crippen LogP contribution in [-0.4, -0.2) is 32.3 Å². The van der Waals surface area contributed by atoms with E-state index < -0.39 is 5.97 Å². The summed E-state index contributed by atoms with van der Waals surface area (Å²) in [6.07, 6.45) is 1.68. The minimum atomic E-state index is -0.494. The van der Waals surface area contributed by atoms with Gasteiger partial charge in [-0.1, -0.05) is 0 Å².